The van der Waals surface area contributed by atoms with Gasteiger partial charge in [-0.1, -0.05) is 25.4 Å². The molecule has 0 N–H and O–H groups in total. The van der Waals surface area contributed by atoms with Gasteiger partial charge in [0.2, 0.25) is 0 Å². The maximum atomic E-state index is 6.03. The molecule has 1 aliphatic carbocycles. The minimum Gasteiger partial charge on any atom is -0.237 e. The van der Waals surface area contributed by atoms with Crippen molar-refractivity contribution in [2.45, 2.75) is 33.1 Å². The van der Waals surface area contributed by atoms with E-state index in [-0.39, 0.29) is 0 Å². The minimum absolute atomic E-state index is 0.364. The van der Waals surface area contributed by atoms with E-state index >= 15 is 0 Å². The first-order chi connectivity index (χ1) is 6.42. The zero-order valence-electron chi connectivity index (χ0n) is 8.43. The number of aromatic nitrogens is 2. The Morgan fingerprint density at radius 2 is 2.00 bits per heavy atom. The summed E-state index contributed by atoms with van der Waals surface area (Å²) in [5, 5.41) is 0.593. The highest BCUT2D eigenvalue weighted by Gasteiger charge is 2.48. The predicted molar refractivity (Wildman–Crippen MR) is 65.6 cm³/mol. The molecule has 2 nitrogen and oxygen atoms in total. The van der Waals surface area contributed by atoms with E-state index in [2.05, 4.69) is 46.4 Å². The van der Waals surface area contributed by atoms with Crippen LogP contribution in [-0.2, 0) is 0 Å². The van der Waals surface area contributed by atoms with Gasteiger partial charge in [0.15, 0.2) is 0 Å². The van der Waals surface area contributed by atoms with Gasteiger partial charge < -0.3 is 0 Å². The highest BCUT2D eigenvalue weighted by atomic mass is 127. The number of aryl methyl sites for hydroxylation is 1. The Morgan fingerprint density at radius 3 is 2.43 bits per heavy atom. The van der Waals surface area contributed by atoms with Crippen LogP contribution < -0.4 is 0 Å². The molecule has 4 heteroatoms. The van der Waals surface area contributed by atoms with E-state index in [1.807, 2.05) is 6.92 Å². The van der Waals surface area contributed by atoms with Crippen molar-refractivity contribution in [3.8, 4) is 0 Å². The standard InChI is InChI=1S/C10H12ClIN2/c1-5-7(12)8(11)14-9(13-5)6-4-10(6,2)3/h6H,4H2,1-3H3. The number of nitrogens with zero attached hydrogens (tertiary/aromatic N) is 2. The summed E-state index contributed by atoms with van der Waals surface area (Å²) >= 11 is 8.21. The molecule has 1 heterocycles. The zero-order valence-corrected chi connectivity index (χ0v) is 11.3. The second-order valence-electron chi connectivity index (χ2n) is 4.52. The fourth-order valence-electron chi connectivity index (χ4n) is 1.61. The summed E-state index contributed by atoms with van der Waals surface area (Å²) in [5.74, 6) is 1.41. The second-order valence-corrected chi connectivity index (χ2v) is 5.95. The molecule has 0 bridgehead atoms. The summed E-state index contributed by atoms with van der Waals surface area (Å²) < 4.78 is 0.964. The molecule has 1 aromatic heterocycles. The van der Waals surface area contributed by atoms with Crippen LogP contribution in [0.4, 0.5) is 0 Å². The lowest BCUT2D eigenvalue weighted by Crippen LogP contribution is -2.01. The third-order valence-corrected chi connectivity index (χ3v) is 4.70. The normalized spacial score (nSPS) is 23.6. The maximum absolute atomic E-state index is 6.03. The van der Waals surface area contributed by atoms with E-state index in [9.17, 15) is 0 Å². The first kappa shape index (κ1) is 10.6. The van der Waals surface area contributed by atoms with Crippen LogP contribution in [0.2, 0.25) is 5.15 Å². The molecule has 0 aliphatic heterocycles. The average molecular weight is 323 g/mol. The van der Waals surface area contributed by atoms with Crippen LogP contribution in [-0.4, -0.2) is 9.97 Å². The van der Waals surface area contributed by atoms with Crippen molar-refractivity contribution >= 4 is 34.2 Å². The van der Waals surface area contributed by atoms with Crippen molar-refractivity contribution < 1.29 is 0 Å². The molecule has 1 saturated carbocycles. The lowest BCUT2D eigenvalue weighted by Gasteiger charge is -2.05. The molecule has 0 amide bonds. The van der Waals surface area contributed by atoms with Crippen molar-refractivity contribution in [3.05, 3.63) is 20.2 Å². The van der Waals surface area contributed by atoms with E-state index in [1.165, 1.54) is 6.42 Å². The van der Waals surface area contributed by atoms with Gasteiger partial charge in [0.25, 0.3) is 0 Å². The van der Waals surface area contributed by atoms with Gasteiger partial charge in [0.1, 0.15) is 11.0 Å². The molecule has 0 spiro atoms. The number of hydrogen-bond acceptors (Lipinski definition) is 2. The maximum Gasteiger partial charge on any atom is 0.146 e. The molecule has 1 aliphatic rings. The van der Waals surface area contributed by atoms with Crippen molar-refractivity contribution in [2.24, 2.45) is 5.41 Å². The summed E-state index contributed by atoms with van der Waals surface area (Å²) in [7, 11) is 0. The van der Waals surface area contributed by atoms with Gasteiger partial charge in [0, 0.05) is 5.92 Å². The molecule has 14 heavy (non-hydrogen) atoms. The first-order valence-electron chi connectivity index (χ1n) is 4.61. The second kappa shape index (κ2) is 3.30. The van der Waals surface area contributed by atoms with Gasteiger partial charge in [-0.2, -0.15) is 0 Å². The third-order valence-electron chi connectivity index (χ3n) is 2.82. The van der Waals surface area contributed by atoms with Gasteiger partial charge >= 0.3 is 0 Å². The summed E-state index contributed by atoms with van der Waals surface area (Å²) in [6.45, 7) is 6.46. The summed E-state index contributed by atoms with van der Waals surface area (Å²) in [4.78, 5) is 8.83. The van der Waals surface area contributed by atoms with E-state index < -0.39 is 0 Å². The van der Waals surface area contributed by atoms with Crippen molar-refractivity contribution in [2.75, 3.05) is 0 Å². The minimum atomic E-state index is 0.364. The van der Waals surface area contributed by atoms with Crippen LogP contribution in [0.15, 0.2) is 0 Å². The smallest absolute Gasteiger partial charge is 0.146 e. The van der Waals surface area contributed by atoms with E-state index in [4.69, 9.17) is 11.6 Å². The summed E-state index contributed by atoms with van der Waals surface area (Å²) in [5.41, 5.74) is 1.35. The van der Waals surface area contributed by atoms with Crippen molar-refractivity contribution in [1.29, 1.82) is 0 Å². The quantitative estimate of drug-likeness (QED) is 0.583. The van der Waals surface area contributed by atoms with Crippen LogP contribution in [0.3, 0.4) is 0 Å². The molecule has 1 fully saturated rings. The zero-order chi connectivity index (χ0) is 10.5. The van der Waals surface area contributed by atoms with Crippen molar-refractivity contribution in [1.82, 2.24) is 9.97 Å². The van der Waals surface area contributed by atoms with Crippen LogP contribution >= 0.6 is 34.2 Å². The van der Waals surface area contributed by atoms with Crippen LogP contribution in [0.25, 0.3) is 0 Å². The number of rotatable bonds is 1. The Hall–Kier alpha value is 0.100. The highest BCUT2D eigenvalue weighted by molar-refractivity contribution is 14.1. The number of hydrogen-bond donors (Lipinski definition) is 0. The number of halogens is 2. The fraction of sp³-hybridized carbons (Fsp3) is 0.600. The third kappa shape index (κ3) is 1.76. The van der Waals surface area contributed by atoms with Crippen LogP contribution in [0, 0.1) is 15.9 Å². The fourth-order valence-corrected chi connectivity index (χ4v) is 2.07. The SMILES string of the molecule is Cc1nc(C2CC2(C)C)nc(Cl)c1I. The van der Waals surface area contributed by atoms with Gasteiger partial charge in [-0.25, -0.2) is 9.97 Å². The van der Waals surface area contributed by atoms with Crippen LogP contribution in [0.5, 0.6) is 0 Å². The highest BCUT2D eigenvalue weighted by Crippen LogP contribution is 2.57. The largest absolute Gasteiger partial charge is 0.237 e. The summed E-state index contributed by atoms with van der Waals surface area (Å²) in [6, 6.07) is 0. The predicted octanol–water partition coefficient (Wildman–Crippen LogP) is 3.56. The Bertz CT molecular complexity index is 367. The molecule has 76 valence electrons. The monoisotopic (exact) mass is 322 g/mol. The Balaban J connectivity index is 2.38. The van der Waals surface area contributed by atoms with Crippen molar-refractivity contribution in [3.63, 3.8) is 0 Å². The average Bonchev–Trinajstić information content (AvgIpc) is 2.70. The molecular formula is C10H12ClIN2. The van der Waals surface area contributed by atoms with E-state index in [0.29, 0.717) is 16.5 Å². The molecule has 0 radical (unpaired) electrons. The van der Waals surface area contributed by atoms with Gasteiger partial charge in [-0.05, 0) is 41.4 Å². The summed E-state index contributed by atoms with van der Waals surface area (Å²) in [6.07, 6.45) is 1.17. The van der Waals surface area contributed by atoms with Gasteiger partial charge in [-0.15, -0.1) is 0 Å². The molecule has 1 atom stereocenters. The van der Waals surface area contributed by atoms with Crippen LogP contribution in [0.1, 0.15) is 37.7 Å². The molecule has 1 unspecified atom stereocenters. The Kier molecular flexibility index (Phi) is 2.50. The van der Waals surface area contributed by atoms with E-state index in [1.54, 1.807) is 0 Å². The lowest BCUT2D eigenvalue weighted by atomic mass is 10.1. The van der Waals surface area contributed by atoms with Gasteiger partial charge in [0.05, 0.1) is 9.26 Å². The topological polar surface area (TPSA) is 25.8 Å². The Morgan fingerprint density at radius 1 is 1.43 bits per heavy atom. The molecule has 1 aromatic rings. The van der Waals surface area contributed by atoms with E-state index in [0.717, 1.165) is 15.1 Å². The molecular weight excluding hydrogens is 310 g/mol. The lowest BCUT2D eigenvalue weighted by molar-refractivity contribution is 0.607. The molecule has 0 saturated heterocycles. The Labute approximate surface area is 103 Å². The van der Waals surface area contributed by atoms with Gasteiger partial charge in [-0.3, -0.25) is 0 Å². The molecule has 0 aromatic carbocycles. The first-order valence-corrected chi connectivity index (χ1v) is 6.07. The molecule has 2 rings (SSSR count).